The van der Waals surface area contributed by atoms with Crippen LogP contribution in [0.4, 0.5) is 5.13 Å². The highest BCUT2D eigenvalue weighted by Gasteiger charge is 2.26. The fourth-order valence-corrected chi connectivity index (χ4v) is 2.76. The van der Waals surface area contributed by atoms with Crippen molar-refractivity contribution in [2.24, 2.45) is 5.73 Å². The van der Waals surface area contributed by atoms with Gasteiger partial charge in [0.1, 0.15) is 5.82 Å². The van der Waals surface area contributed by atoms with Crippen LogP contribution in [0, 0.1) is 0 Å². The highest BCUT2D eigenvalue weighted by atomic mass is 32.1. The van der Waals surface area contributed by atoms with Gasteiger partial charge in [0.05, 0.1) is 12.2 Å². The van der Waals surface area contributed by atoms with Gasteiger partial charge >= 0.3 is 0 Å². The molecule has 1 fully saturated rings. The van der Waals surface area contributed by atoms with Gasteiger partial charge in [-0.25, -0.2) is 4.98 Å². The summed E-state index contributed by atoms with van der Waals surface area (Å²) in [6.07, 6.45) is 2.35. The third-order valence-electron chi connectivity index (χ3n) is 2.79. The number of nitrogens with zero attached hydrogens (tertiary/aromatic N) is 3. The van der Waals surface area contributed by atoms with E-state index in [4.69, 9.17) is 10.5 Å². The molecule has 6 heteroatoms. The molecule has 1 aliphatic heterocycles. The van der Waals surface area contributed by atoms with E-state index in [0.29, 0.717) is 6.54 Å². The number of rotatable bonds is 4. The number of hydrogen-bond acceptors (Lipinski definition) is 6. The van der Waals surface area contributed by atoms with E-state index in [2.05, 4.69) is 28.1 Å². The molecule has 0 aliphatic carbocycles. The first-order valence-corrected chi connectivity index (χ1v) is 6.93. The lowest BCUT2D eigenvalue weighted by molar-refractivity contribution is -0.0104. The molecule has 2 atom stereocenters. The first kappa shape index (κ1) is 12.7. The normalized spacial score (nSPS) is 25.2. The molecule has 1 saturated heterocycles. The third-order valence-corrected chi connectivity index (χ3v) is 3.61. The quantitative estimate of drug-likeness (QED) is 0.872. The maximum Gasteiger partial charge on any atom is 0.205 e. The molecule has 0 spiro atoms. The van der Waals surface area contributed by atoms with Crippen LogP contribution in [0.1, 0.15) is 26.1 Å². The van der Waals surface area contributed by atoms with Gasteiger partial charge < -0.3 is 15.4 Å². The van der Waals surface area contributed by atoms with Gasteiger partial charge in [-0.1, -0.05) is 6.92 Å². The maximum atomic E-state index is 5.73. The summed E-state index contributed by atoms with van der Waals surface area (Å²) in [6.45, 7) is 6.46. The topological polar surface area (TPSA) is 64.3 Å². The summed E-state index contributed by atoms with van der Waals surface area (Å²) in [5.41, 5.74) is 5.67. The predicted octanol–water partition coefficient (Wildman–Crippen LogP) is 1.04. The standard InChI is InChI=1S/C11H20N4OS/c1-3-4-10-13-11(17-14-10)15-6-8(2)16-9(5-12)7-15/h8-9H,3-7,12H2,1-2H3. The Labute approximate surface area is 106 Å². The van der Waals surface area contributed by atoms with Crippen molar-refractivity contribution in [2.75, 3.05) is 24.5 Å². The van der Waals surface area contributed by atoms with Crippen molar-refractivity contribution in [3.05, 3.63) is 5.82 Å². The van der Waals surface area contributed by atoms with Crippen LogP contribution in [0.15, 0.2) is 0 Å². The molecule has 0 bridgehead atoms. The maximum absolute atomic E-state index is 5.73. The zero-order valence-corrected chi connectivity index (χ0v) is 11.2. The third kappa shape index (κ3) is 3.14. The lowest BCUT2D eigenvalue weighted by Crippen LogP contribution is -2.49. The Balaban J connectivity index is 2.04. The van der Waals surface area contributed by atoms with Crippen molar-refractivity contribution in [3.63, 3.8) is 0 Å². The molecule has 2 unspecified atom stereocenters. The van der Waals surface area contributed by atoms with Gasteiger partial charge in [-0.3, -0.25) is 0 Å². The van der Waals surface area contributed by atoms with Crippen molar-refractivity contribution in [1.29, 1.82) is 0 Å². The van der Waals surface area contributed by atoms with Gasteiger partial charge in [0, 0.05) is 37.6 Å². The Bertz CT molecular complexity index is 357. The van der Waals surface area contributed by atoms with E-state index in [1.165, 1.54) is 11.5 Å². The average Bonchev–Trinajstić information content (AvgIpc) is 2.77. The zero-order chi connectivity index (χ0) is 12.3. The number of hydrogen-bond donors (Lipinski definition) is 1. The van der Waals surface area contributed by atoms with Crippen LogP contribution in [-0.2, 0) is 11.2 Å². The average molecular weight is 256 g/mol. The van der Waals surface area contributed by atoms with Crippen molar-refractivity contribution < 1.29 is 4.74 Å². The van der Waals surface area contributed by atoms with Crippen molar-refractivity contribution in [1.82, 2.24) is 9.36 Å². The minimum atomic E-state index is 0.109. The van der Waals surface area contributed by atoms with Crippen LogP contribution in [0.2, 0.25) is 0 Å². The molecule has 0 amide bonds. The second-order valence-electron chi connectivity index (χ2n) is 4.45. The molecule has 96 valence electrons. The molecular weight excluding hydrogens is 236 g/mol. The van der Waals surface area contributed by atoms with Crippen LogP contribution in [0.3, 0.4) is 0 Å². The van der Waals surface area contributed by atoms with E-state index < -0.39 is 0 Å². The van der Waals surface area contributed by atoms with Gasteiger partial charge in [0.2, 0.25) is 5.13 Å². The Hall–Kier alpha value is -0.720. The fraction of sp³-hybridized carbons (Fsp3) is 0.818. The van der Waals surface area contributed by atoms with Crippen LogP contribution in [0.25, 0.3) is 0 Å². The molecule has 2 heterocycles. The Kier molecular flexibility index (Phi) is 4.31. The second kappa shape index (κ2) is 5.75. The second-order valence-corrected chi connectivity index (χ2v) is 5.18. The molecule has 0 radical (unpaired) electrons. The van der Waals surface area contributed by atoms with Crippen LogP contribution in [0.5, 0.6) is 0 Å². The summed E-state index contributed by atoms with van der Waals surface area (Å²) < 4.78 is 10.1. The largest absolute Gasteiger partial charge is 0.370 e. The number of morpholine rings is 1. The number of aromatic nitrogens is 2. The van der Waals surface area contributed by atoms with Gasteiger partial charge in [0.15, 0.2) is 0 Å². The number of anilines is 1. The molecule has 2 N–H and O–H groups in total. The summed E-state index contributed by atoms with van der Waals surface area (Å²) in [7, 11) is 0. The minimum Gasteiger partial charge on any atom is -0.370 e. The van der Waals surface area contributed by atoms with Crippen LogP contribution >= 0.6 is 11.5 Å². The molecular formula is C11H20N4OS. The smallest absolute Gasteiger partial charge is 0.205 e. The molecule has 2 rings (SSSR count). The SMILES string of the molecule is CCCc1nsc(N2CC(C)OC(CN)C2)n1. The van der Waals surface area contributed by atoms with E-state index in [0.717, 1.165) is 36.9 Å². The van der Waals surface area contributed by atoms with Crippen molar-refractivity contribution in [2.45, 2.75) is 38.9 Å². The Morgan fingerprint density at radius 2 is 2.35 bits per heavy atom. The summed E-state index contributed by atoms with van der Waals surface area (Å²) in [5, 5.41) is 1.00. The first-order valence-electron chi connectivity index (χ1n) is 6.16. The predicted molar refractivity (Wildman–Crippen MR) is 69.5 cm³/mol. The summed E-state index contributed by atoms with van der Waals surface area (Å²) in [5.74, 6) is 0.955. The molecule has 0 aromatic carbocycles. The summed E-state index contributed by atoms with van der Waals surface area (Å²) >= 11 is 1.48. The van der Waals surface area contributed by atoms with E-state index in [1.54, 1.807) is 0 Å². The minimum absolute atomic E-state index is 0.109. The molecule has 1 aliphatic rings. The van der Waals surface area contributed by atoms with Gasteiger partial charge in [-0.05, 0) is 13.3 Å². The zero-order valence-electron chi connectivity index (χ0n) is 10.4. The lowest BCUT2D eigenvalue weighted by atomic mass is 10.2. The van der Waals surface area contributed by atoms with Gasteiger partial charge in [0.25, 0.3) is 0 Å². The highest BCUT2D eigenvalue weighted by molar-refractivity contribution is 7.09. The number of aryl methyl sites for hydroxylation is 1. The summed E-state index contributed by atoms with van der Waals surface area (Å²) in [6, 6.07) is 0. The van der Waals surface area contributed by atoms with E-state index in [-0.39, 0.29) is 12.2 Å². The molecule has 5 nitrogen and oxygen atoms in total. The molecule has 1 aromatic rings. The van der Waals surface area contributed by atoms with Crippen LogP contribution in [-0.4, -0.2) is 41.2 Å². The van der Waals surface area contributed by atoms with Gasteiger partial charge in [-0.15, -0.1) is 0 Å². The van der Waals surface area contributed by atoms with E-state index >= 15 is 0 Å². The Morgan fingerprint density at radius 1 is 1.53 bits per heavy atom. The molecule has 0 saturated carbocycles. The fourth-order valence-electron chi connectivity index (χ4n) is 2.03. The monoisotopic (exact) mass is 256 g/mol. The first-order chi connectivity index (χ1) is 8.22. The molecule has 1 aromatic heterocycles. The lowest BCUT2D eigenvalue weighted by Gasteiger charge is -2.35. The van der Waals surface area contributed by atoms with E-state index in [1.807, 2.05) is 0 Å². The van der Waals surface area contributed by atoms with E-state index in [9.17, 15) is 0 Å². The Morgan fingerprint density at radius 3 is 3.06 bits per heavy atom. The summed E-state index contributed by atoms with van der Waals surface area (Å²) in [4.78, 5) is 6.80. The van der Waals surface area contributed by atoms with Crippen LogP contribution < -0.4 is 10.6 Å². The molecule has 17 heavy (non-hydrogen) atoms. The number of nitrogens with two attached hydrogens (primary N) is 1. The van der Waals surface area contributed by atoms with Crippen molar-refractivity contribution >= 4 is 16.7 Å². The highest BCUT2D eigenvalue weighted by Crippen LogP contribution is 2.22. The van der Waals surface area contributed by atoms with Crippen molar-refractivity contribution in [3.8, 4) is 0 Å². The van der Waals surface area contributed by atoms with Gasteiger partial charge in [-0.2, -0.15) is 4.37 Å². The number of ether oxygens (including phenoxy) is 1.